The zero-order chi connectivity index (χ0) is 16.4. The summed E-state index contributed by atoms with van der Waals surface area (Å²) >= 11 is 0. The van der Waals surface area contributed by atoms with Crippen LogP contribution in [-0.4, -0.2) is 11.4 Å². The van der Waals surface area contributed by atoms with Gasteiger partial charge in [-0.1, -0.05) is 76.1 Å². The maximum Gasteiger partial charge on any atom is 0.0436 e. The third kappa shape index (κ3) is 3.41. The van der Waals surface area contributed by atoms with E-state index in [1.807, 2.05) is 0 Å². The van der Waals surface area contributed by atoms with Crippen molar-refractivity contribution in [1.29, 1.82) is 0 Å². The molecule has 0 bridgehead atoms. The first-order chi connectivity index (χ1) is 11.8. The minimum Gasteiger partial charge on any atom is -0.367 e. The van der Waals surface area contributed by atoms with Crippen LogP contribution in [0.4, 0.5) is 0 Å². The first kappa shape index (κ1) is 16.2. The lowest BCUT2D eigenvalue weighted by Crippen LogP contribution is -2.25. The van der Waals surface area contributed by atoms with Crippen molar-refractivity contribution in [2.24, 2.45) is 11.8 Å². The maximum atomic E-state index is 4.52. The minimum atomic E-state index is 0.895. The summed E-state index contributed by atoms with van der Waals surface area (Å²) in [7, 11) is 0. The maximum absolute atomic E-state index is 4.52. The van der Waals surface area contributed by atoms with E-state index in [2.05, 4.69) is 29.7 Å². The van der Waals surface area contributed by atoms with Crippen molar-refractivity contribution in [2.45, 2.75) is 77.2 Å². The highest BCUT2D eigenvalue weighted by atomic mass is 15.2. The van der Waals surface area contributed by atoms with Gasteiger partial charge < -0.3 is 4.90 Å². The molecule has 0 atom stereocenters. The van der Waals surface area contributed by atoms with Crippen molar-refractivity contribution >= 4 is 5.70 Å². The quantitative estimate of drug-likeness (QED) is 0.640. The standard InChI is InChI=1S/C23H33N/c1-18-23-21(15-19-9-4-2-5-10-19)13-8-14-22(23)17-24(18)16-20-11-6-3-7-12-20/h8,13-14,19-20H,1-7,9-12,15-17H2. The summed E-state index contributed by atoms with van der Waals surface area (Å²) < 4.78 is 0. The molecule has 1 aromatic carbocycles. The molecule has 1 aliphatic heterocycles. The second kappa shape index (κ2) is 7.33. The lowest BCUT2D eigenvalue weighted by Gasteiger charge is -2.29. The van der Waals surface area contributed by atoms with E-state index in [9.17, 15) is 0 Å². The van der Waals surface area contributed by atoms with Gasteiger partial charge in [-0.2, -0.15) is 0 Å². The molecule has 0 radical (unpaired) electrons. The Bertz CT molecular complexity index is 576. The number of fused-ring (bicyclic) bond motifs is 1. The first-order valence-corrected chi connectivity index (χ1v) is 10.4. The van der Waals surface area contributed by atoms with E-state index in [1.54, 1.807) is 5.56 Å². The van der Waals surface area contributed by atoms with Crippen LogP contribution in [0.15, 0.2) is 24.8 Å². The van der Waals surface area contributed by atoms with Gasteiger partial charge in [-0.3, -0.25) is 0 Å². The molecule has 0 spiro atoms. The Morgan fingerprint density at radius 3 is 2.25 bits per heavy atom. The average molecular weight is 324 g/mol. The van der Waals surface area contributed by atoms with E-state index < -0.39 is 0 Å². The minimum absolute atomic E-state index is 0.895. The summed E-state index contributed by atoms with van der Waals surface area (Å²) in [6.45, 7) is 6.86. The zero-order valence-corrected chi connectivity index (χ0v) is 15.2. The second-order valence-electron chi connectivity index (χ2n) is 8.49. The molecule has 1 heterocycles. The number of nitrogens with zero attached hydrogens (tertiary/aromatic N) is 1. The summed E-state index contributed by atoms with van der Waals surface area (Å²) in [5.74, 6) is 1.80. The van der Waals surface area contributed by atoms with E-state index in [4.69, 9.17) is 0 Å². The van der Waals surface area contributed by atoms with Crippen molar-refractivity contribution < 1.29 is 0 Å². The highest BCUT2D eigenvalue weighted by molar-refractivity contribution is 5.71. The van der Waals surface area contributed by atoms with Gasteiger partial charge in [0.1, 0.15) is 0 Å². The van der Waals surface area contributed by atoms with Gasteiger partial charge >= 0.3 is 0 Å². The van der Waals surface area contributed by atoms with Crippen LogP contribution in [0, 0.1) is 11.8 Å². The fourth-order valence-corrected chi connectivity index (χ4v) is 5.34. The topological polar surface area (TPSA) is 3.24 Å². The molecule has 4 rings (SSSR count). The number of benzene rings is 1. The Hall–Kier alpha value is -1.24. The lowest BCUT2D eigenvalue weighted by atomic mass is 9.83. The van der Waals surface area contributed by atoms with E-state index in [0.29, 0.717) is 0 Å². The van der Waals surface area contributed by atoms with Crippen LogP contribution in [0.5, 0.6) is 0 Å². The third-order valence-electron chi connectivity index (χ3n) is 6.71. The van der Waals surface area contributed by atoms with Gasteiger partial charge in [-0.25, -0.2) is 0 Å². The lowest BCUT2D eigenvalue weighted by molar-refractivity contribution is 0.267. The van der Waals surface area contributed by atoms with Crippen molar-refractivity contribution in [1.82, 2.24) is 4.90 Å². The molecule has 1 aromatic rings. The van der Waals surface area contributed by atoms with Gasteiger partial charge in [-0.05, 0) is 42.2 Å². The van der Waals surface area contributed by atoms with Crippen LogP contribution >= 0.6 is 0 Å². The van der Waals surface area contributed by atoms with Gasteiger partial charge in [0.15, 0.2) is 0 Å². The average Bonchev–Trinajstić information content (AvgIpc) is 2.94. The molecule has 130 valence electrons. The van der Waals surface area contributed by atoms with Crippen molar-refractivity contribution in [2.75, 3.05) is 6.54 Å². The van der Waals surface area contributed by atoms with Crippen LogP contribution in [0.3, 0.4) is 0 Å². The molecule has 2 saturated carbocycles. The Morgan fingerprint density at radius 1 is 0.875 bits per heavy atom. The molecule has 2 aliphatic carbocycles. The van der Waals surface area contributed by atoms with E-state index in [0.717, 1.165) is 18.4 Å². The molecule has 2 fully saturated rings. The molecule has 3 aliphatic rings. The highest BCUT2D eigenvalue weighted by Crippen LogP contribution is 2.38. The van der Waals surface area contributed by atoms with Crippen molar-refractivity contribution in [3.05, 3.63) is 41.5 Å². The predicted molar refractivity (Wildman–Crippen MR) is 103 cm³/mol. The van der Waals surface area contributed by atoms with Crippen LogP contribution in [-0.2, 0) is 13.0 Å². The fraction of sp³-hybridized carbons (Fsp3) is 0.652. The van der Waals surface area contributed by atoms with Gasteiger partial charge in [0.05, 0.1) is 0 Å². The molecule has 0 unspecified atom stereocenters. The zero-order valence-electron chi connectivity index (χ0n) is 15.2. The van der Waals surface area contributed by atoms with Gasteiger partial charge in [0.25, 0.3) is 0 Å². The summed E-state index contributed by atoms with van der Waals surface area (Å²) in [5.41, 5.74) is 5.94. The van der Waals surface area contributed by atoms with Crippen LogP contribution in [0.2, 0.25) is 0 Å². The molecule has 24 heavy (non-hydrogen) atoms. The van der Waals surface area contributed by atoms with Crippen molar-refractivity contribution in [3.8, 4) is 0 Å². The second-order valence-corrected chi connectivity index (χ2v) is 8.49. The number of hydrogen-bond acceptors (Lipinski definition) is 1. The summed E-state index contributed by atoms with van der Waals surface area (Å²) in [6.07, 6.45) is 15.6. The molecule has 0 N–H and O–H groups in total. The van der Waals surface area contributed by atoms with Crippen LogP contribution in [0.25, 0.3) is 5.70 Å². The predicted octanol–water partition coefficient (Wildman–Crippen LogP) is 6.18. The Kier molecular flexibility index (Phi) is 4.96. The highest BCUT2D eigenvalue weighted by Gasteiger charge is 2.28. The summed E-state index contributed by atoms with van der Waals surface area (Å²) in [4.78, 5) is 2.59. The molecular weight excluding hydrogens is 290 g/mol. The Labute approximate surface area is 148 Å². The monoisotopic (exact) mass is 323 g/mol. The first-order valence-electron chi connectivity index (χ1n) is 10.4. The number of hydrogen-bond donors (Lipinski definition) is 0. The van der Waals surface area contributed by atoms with Gasteiger partial charge in [0.2, 0.25) is 0 Å². The number of rotatable bonds is 4. The normalized spacial score (nSPS) is 22.8. The van der Waals surface area contributed by atoms with Gasteiger partial charge in [0, 0.05) is 24.4 Å². The molecular formula is C23H33N. The molecule has 1 nitrogen and oxygen atoms in total. The largest absolute Gasteiger partial charge is 0.367 e. The molecule has 0 aromatic heterocycles. The smallest absolute Gasteiger partial charge is 0.0436 e. The van der Waals surface area contributed by atoms with E-state index >= 15 is 0 Å². The Balaban J connectivity index is 1.47. The summed E-state index contributed by atoms with van der Waals surface area (Å²) in [6, 6.07) is 7.00. The SMILES string of the molecule is C=C1c2c(CC3CCCCC3)cccc2CN1CC1CCCCC1. The third-order valence-corrected chi connectivity index (χ3v) is 6.71. The van der Waals surface area contributed by atoms with E-state index in [-0.39, 0.29) is 0 Å². The van der Waals surface area contributed by atoms with E-state index in [1.165, 1.54) is 94.0 Å². The van der Waals surface area contributed by atoms with Crippen LogP contribution in [0.1, 0.15) is 80.9 Å². The fourth-order valence-electron chi connectivity index (χ4n) is 5.34. The van der Waals surface area contributed by atoms with Gasteiger partial charge in [-0.15, -0.1) is 0 Å². The van der Waals surface area contributed by atoms with Crippen molar-refractivity contribution in [3.63, 3.8) is 0 Å². The summed E-state index contributed by atoms with van der Waals surface area (Å²) in [5, 5.41) is 0. The molecule has 0 saturated heterocycles. The molecule has 1 heteroatoms. The molecule has 0 amide bonds. The van der Waals surface area contributed by atoms with Crippen LogP contribution < -0.4 is 0 Å². The Morgan fingerprint density at radius 2 is 1.54 bits per heavy atom.